The monoisotopic (exact) mass is 229 g/mol. The summed E-state index contributed by atoms with van der Waals surface area (Å²) in [6.45, 7) is 2.10. The first kappa shape index (κ1) is 11.6. The number of rotatable bonds is 3. The minimum atomic E-state index is -0.375. The SMILES string of the molecule is CCc1ccc(NC2C=CC(=O)CC2=O)cc1. The molecular weight excluding hydrogens is 214 g/mol. The van der Waals surface area contributed by atoms with Crippen molar-refractivity contribution in [3.8, 4) is 0 Å². The molecule has 1 atom stereocenters. The molecule has 0 saturated carbocycles. The highest BCUT2D eigenvalue weighted by Crippen LogP contribution is 2.14. The second-order valence-corrected chi connectivity index (χ2v) is 4.14. The summed E-state index contributed by atoms with van der Waals surface area (Å²) in [5, 5.41) is 3.11. The Morgan fingerprint density at radius 2 is 1.94 bits per heavy atom. The normalized spacial score (nSPS) is 19.5. The van der Waals surface area contributed by atoms with Crippen molar-refractivity contribution in [1.82, 2.24) is 0 Å². The molecule has 17 heavy (non-hydrogen) atoms. The van der Waals surface area contributed by atoms with E-state index in [1.54, 1.807) is 6.08 Å². The maximum absolute atomic E-state index is 11.6. The fourth-order valence-electron chi connectivity index (χ4n) is 1.80. The van der Waals surface area contributed by atoms with Gasteiger partial charge in [0.15, 0.2) is 11.6 Å². The molecule has 88 valence electrons. The quantitative estimate of drug-likeness (QED) is 0.808. The first-order valence-electron chi connectivity index (χ1n) is 5.78. The molecular formula is C14H15NO2. The van der Waals surface area contributed by atoms with Crippen LogP contribution in [0.5, 0.6) is 0 Å². The number of carbonyl (C=O) groups is 2. The fraction of sp³-hybridized carbons (Fsp3) is 0.286. The van der Waals surface area contributed by atoms with Crippen molar-refractivity contribution in [3.63, 3.8) is 0 Å². The van der Waals surface area contributed by atoms with Gasteiger partial charge in [-0.3, -0.25) is 9.59 Å². The topological polar surface area (TPSA) is 46.2 Å². The van der Waals surface area contributed by atoms with E-state index in [4.69, 9.17) is 0 Å². The standard InChI is InChI=1S/C14H15NO2/c1-2-10-3-5-11(6-4-10)15-13-8-7-12(16)9-14(13)17/h3-8,13,15H,2,9H2,1H3. The lowest BCUT2D eigenvalue weighted by Gasteiger charge is -2.17. The molecule has 1 aromatic carbocycles. The van der Waals surface area contributed by atoms with Gasteiger partial charge in [0, 0.05) is 5.69 Å². The summed E-state index contributed by atoms with van der Waals surface area (Å²) in [6, 6.07) is 7.60. The van der Waals surface area contributed by atoms with E-state index >= 15 is 0 Å². The molecule has 1 N–H and O–H groups in total. The Kier molecular flexibility index (Phi) is 3.38. The minimum Gasteiger partial charge on any atom is -0.372 e. The smallest absolute Gasteiger partial charge is 0.166 e. The number of nitrogens with one attached hydrogen (secondary N) is 1. The molecule has 0 heterocycles. The van der Waals surface area contributed by atoms with Crippen LogP contribution in [0.1, 0.15) is 18.9 Å². The molecule has 0 saturated heterocycles. The number of ketones is 2. The van der Waals surface area contributed by atoms with Crippen LogP contribution < -0.4 is 5.32 Å². The summed E-state index contributed by atoms with van der Waals surface area (Å²) in [6.07, 6.45) is 4.10. The summed E-state index contributed by atoms with van der Waals surface area (Å²) in [7, 11) is 0. The van der Waals surface area contributed by atoms with E-state index in [1.807, 2.05) is 24.3 Å². The molecule has 2 rings (SSSR count). The number of allylic oxidation sites excluding steroid dienone is 1. The Hall–Kier alpha value is -1.90. The van der Waals surface area contributed by atoms with Gasteiger partial charge in [0.05, 0.1) is 6.42 Å². The van der Waals surface area contributed by atoms with Gasteiger partial charge in [-0.25, -0.2) is 0 Å². The number of benzene rings is 1. The predicted octanol–water partition coefficient (Wildman–Crippen LogP) is 2.13. The molecule has 1 aromatic rings. The van der Waals surface area contributed by atoms with Crippen molar-refractivity contribution in [2.45, 2.75) is 25.8 Å². The van der Waals surface area contributed by atoms with Gasteiger partial charge in [-0.05, 0) is 30.2 Å². The van der Waals surface area contributed by atoms with Gasteiger partial charge in [-0.15, -0.1) is 0 Å². The van der Waals surface area contributed by atoms with Crippen LogP contribution in [0.4, 0.5) is 5.69 Å². The third-order valence-electron chi connectivity index (χ3n) is 2.85. The van der Waals surface area contributed by atoms with E-state index in [9.17, 15) is 9.59 Å². The van der Waals surface area contributed by atoms with Crippen molar-refractivity contribution < 1.29 is 9.59 Å². The van der Waals surface area contributed by atoms with Crippen LogP contribution in [0.3, 0.4) is 0 Å². The summed E-state index contributed by atoms with van der Waals surface area (Å²) >= 11 is 0. The van der Waals surface area contributed by atoms with Crippen molar-refractivity contribution >= 4 is 17.3 Å². The average Bonchev–Trinajstić information content (AvgIpc) is 2.34. The third kappa shape index (κ3) is 2.81. The van der Waals surface area contributed by atoms with Crippen LogP contribution in [-0.2, 0) is 16.0 Å². The van der Waals surface area contributed by atoms with E-state index < -0.39 is 0 Å². The zero-order valence-electron chi connectivity index (χ0n) is 9.77. The van der Waals surface area contributed by atoms with Crippen molar-refractivity contribution in [3.05, 3.63) is 42.0 Å². The van der Waals surface area contributed by atoms with Gasteiger partial charge in [0.1, 0.15) is 6.04 Å². The van der Waals surface area contributed by atoms with Gasteiger partial charge in [-0.2, -0.15) is 0 Å². The van der Waals surface area contributed by atoms with E-state index in [0.717, 1.165) is 12.1 Å². The first-order chi connectivity index (χ1) is 8.19. The first-order valence-corrected chi connectivity index (χ1v) is 5.78. The zero-order chi connectivity index (χ0) is 12.3. The number of hydrogen-bond donors (Lipinski definition) is 1. The van der Waals surface area contributed by atoms with Crippen molar-refractivity contribution in [1.29, 1.82) is 0 Å². The maximum atomic E-state index is 11.6. The number of aryl methyl sites for hydroxylation is 1. The lowest BCUT2D eigenvalue weighted by Crippen LogP contribution is -2.32. The van der Waals surface area contributed by atoms with Crippen LogP contribution >= 0.6 is 0 Å². The van der Waals surface area contributed by atoms with Gasteiger partial charge in [0.2, 0.25) is 0 Å². The highest BCUT2D eigenvalue weighted by Gasteiger charge is 2.21. The highest BCUT2D eigenvalue weighted by atomic mass is 16.1. The molecule has 0 spiro atoms. The largest absolute Gasteiger partial charge is 0.372 e. The van der Waals surface area contributed by atoms with Crippen LogP contribution in [0.25, 0.3) is 0 Å². The molecule has 0 aliphatic heterocycles. The predicted molar refractivity (Wildman–Crippen MR) is 67.0 cm³/mol. The molecule has 1 aliphatic rings. The Bertz CT molecular complexity index is 460. The number of hydrogen-bond acceptors (Lipinski definition) is 3. The van der Waals surface area contributed by atoms with E-state index in [0.29, 0.717) is 0 Å². The number of anilines is 1. The van der Waals surface area contributed by atoms with Crippen LogP contribution in [0, 0.1) is 0 Å². The molecule has 0 bridgehead atoms. The molecule has 0 aromatic heterocycles. The summed E-state index contributed by atoms with van der Waals surface area (Å²) in [5.41, 5.74) is 2.16. The van der Waals surface area contributed by atoms with E-state index in [-0.39, 0.29) is 24.0 Å². The summed E-state index contributed by atoms with van der Waals surface area (Å²) in [4.78, 5) is 22.6. The Balaban J connectivity index is 2.07. The highest BCUT2D eigenvalue weighted by molar-refractivity contribution is 6.10. The molecule has 0 fully saturated rings. The Morgan fingerprint density at radius 3 is 2.53 bits per heavy atom. The van der Waals surface area contributed by atoms with Crippen LogP contribution in [0.15, 0.2) is 36.4 Å². The van der Waals surface area contributed by atoms with Gasteiger partial charge in [-0.1, -0.05) is 25.1 Å². The van der Waals surface area contributed by atoms with Crippen molar-refractivity contribution in [2.24, 2.45) is 0 Å². The Morgan fingerprint density at radius 1 is 1.24 bits per heavy atom. The molecule has 3 nitrogen and oxygen atoms in total. The van der Waals surface area contributed by atoms with Gasteiger partial charge in [0.25, 0.3) is 0 Å². The average molecular weight is 229 g/mol. The van der Waals surface area contributed by atoms with Crippen LogP contribution in [-0.4, -0.2) is 17.6 Å². The molecule has 1 aliphatic carbocycles. The molecule has 1 unspecified atom stereocenters. The molecule has 0 amide bonds. The lowest BCUT2D eigenvalue weighted by molar-refractivity contribution is -0.125. The summed E-state index contributed by atoms with van der Waals surface area (Å²) < 4.78 is 0. The maximum Gasteiger partial charge on any atom is 0.166 e. The lowest BCUT2D eigenvalue weighted by atomic mass is 10.00. The van der Waals surface area contributed by atoms with Gasteiger partial charge >= 0.3 is 0 Å². The molecule has 0 radical (unpaired) electrons. The zero-order valence-corrected chi connectivity index (χ0v) is 9.77. The van der Waals surface area contributed by atoms with Crippen molar-refractivity contribution in [2.75, 3.05) is 5.32 Å². The Labute approximate surface area is 101 Å². The van der Waals surface area contributed by atoms with E-state index in [1.165, 1.54) is 11.6 Å². The molecule has 3 heteroatoms. The fourth-order valence-corrected chi connectivity index (χ4v) is 1.80. The van der Waals surface area contributed by atoms with E-state index in [2.05, 4.69) is 12.2 Å². The van der Waals surface area contributed by atoms with Gasteiger partial charge < -0.3 is 5.32 Å². The third-order valence-corrected chi connectivity index (χ3v) is 2.85. The number of carbonyl (C=O) groups excluding carboxylic acids is 2. The second kappa shape index (κ2) is 4.95. The number of Topliss-reactive ketones (excluding diaryl/α,β-unsaturated/α-hetero) is 1. The summed E-state index contributed by atoms with van der Waals surface area (Å²) in [5.74, 6) is -0.188. The minimum absolute atomic E-state index is 0.00120. The van der Waals surface area contributed by atoms with Crippen LogP contribution in [0.2, 0.25) is 0 Å². The second-order valence-electron chi connectivity index (χ2n) is 4.14.